The zero-order chi connectivity index (χ0) is 19.6. The van der Waals surface area contributed by atoms with E-state index in [1.165, 1.54) is 12.7 Å². The second-order valence-corrected chi connectivity index (χ2v) is 6.59. The van der Waals surface area contributed by atoms with E-state index in [0.717, 1.165) is 22.1 Å². The van der Waals surface area contributed by atoms with Crippen LogP contribution in [0.2, 0.25) is 0 Å². The van der Waals surface area contributed by atoms with Crippen molar-refractivity contribution < 1.29 is 18.7 Å². The number of aryl methyl sites for hydroxylation is 3. The summed E-state index contributed by atoms with van der Waals surface area (Å²) in [6.07, 6.45) is -0.106. The van der Waals surface area contributed by atoms with E-state index < -0.39 is 11.6 Å². The van der Waals surface area contributed by atoms with Gasteiger partial charge in [-0.3, -0.25) is 4.79 Å². The summed E-state index contributed by atoms with van der Waals surface area (Å²) in [5, 5.41) is 0.786. The molecule has 0 aliphatic rings. The third kappa shape index (κ3) is 3.87. The predicted molar refractivity (Wildman–Crippen MR) is 103 cm³/mol. The predicted octanol–water partition coefficient (Wildman–Crippen LogP) is 4.01. The minimum atomic E-state index is -0.524. The zero-order valence-electron chi connectivity index (χ0n) is 15.9. The summed E-state index contributed by atoms with van der Waals surface area (Å²) in [5.74, 6) is 0.187. The quantitative estimate of drug-likeness (QED) is 0.504. The maximum absolute atomic E-state index is 12.4. The van der Waals surface area contributed by atoms with Crippen LogP contribution in [-0.4, -0.2) is 13.1 Å². The standard InChI is InChI=1S/C22H22O5/c1-13-6-5-7-16(10-13)12-26-19-9-8-17-14(2)18(11-20(23)25-4)22(24)27-21(17)15(19)3/h5-10H,11-12H2,1-4H3. The Labute approximate surface area is 157 Å². The van der Waals surface area contributed by atoms with Crippen LogP contribution in [-0.2, 0) is 22.6 Å². The number of methoxy groups -OCH3 is 1. The number of hydrogen-bond acceptors (Lipinski definition) is 5. The monoisotopic (exact) mass is 366 g/mol. The van der Waals surface area contributed by atoms with Gasteiger partial charge in [0, 0.05) is 10.9 Å². The van der Waals surface area contributed by atoms with Gasteiger partial charge in [0.05, 0.1) is 19.1 Å². The summed E-state index contributed by atoms with van der Waals surface area (Å²) in [4.78, 5) is 23.9. The van der Waals surface area contributed by atoms with E-state index in [4.69, 9.17) is 9.15 Å². The van der Waals surface area contributed by atoms with Crippen LogP contribution in [0.3, 0.4) is 0 Å². The van der Waals surface area contributed by atoms with Crippen LogP contribution in [0.25, 0.3) is 11.0 Å². The average Bonchev–Trinajstić information content (AvgIpc) is 2.65. The van der Waals surface area contributed by atoms with Gasteiger partial charge in [0.2, 0.25) is 0 Å². The van der Waals surface area contributed by atoms with Crippen molar-refractivity contribution >= 4 is 16.9 Å². The van der Waals surface area contributed by atoms with E-state index in [0.29, 0.717) is 23.5 Å². The number of benzene rings is 2. The van der Waals surface area contributed by atoms with Gasteiger partial charge >= 0.3 is 11.6 Å². The first-order chi connectivity index (χ1) is 12.9. The van der Waals surface area contributed by atoms with Crippen LogP contribution in [0.1, 0.15) is 27.8 Å². The van der Waals surface area contributed by atoms with Crippen LogP contribution in [0.5, 0.6) is 5.75 Å². The lowest BCUT2D eigenvalue weighted by Gasteiger charge is -2.13. The first kappa shape index (κ1) is 18.7. The summed E-state index contributed by atoms with van der Waals surface area (Å²) in [6.45, 7) is 6.13. The molecule has 0 fully saturated rings. The van der Waals surface area contributed by atoms with E-state index >= 15 is 0 Å². The molecule has 1 heterocycles. The molecule has 3 rings (SSSR count). The van der Waals surface area contributed by atoms with Crippen molar-refractivity contribution in [1.29, 1.82) is 0 Å². The Balaban J connectivity index is 1.96. The molecule has 1 aromatic heterocycles. The molecule has 0 aliphatic carbocycles. The molecule has 0 saturated heterocycles. The maximum atomic E-state index is 12.4. The number of ether oxygens (including phenoxy) is 2. The third-order valence-corrected chi connectivity index (χ3v) is 4.68. The minimum absolute atomic E-state index is 0.106. The van der Waals surface area contributed by atoms with E-state index in [9.17, 15) is 9.59 Å². The first-order valence-electron chi connectivity index (χ1n) is 8.71. The molecule has 27 heavy (non-hydrogen) atoms. The first-order valence-corrected chi connectivity index (χ1v) is 8.71. The maximum Gasteiger partial charge on any atom is 0.340 e. The molecule has 140 valence electrons. The highest BCUT2D eigenvalue weighted by Gasteiger charge is 2.17. The van der Waals surface area contributed by atoms with Gasteiger partial charge in [0.15, 0.2) is 0 Å². The van der Waals surface area contributed by atoms with Crippen molar-refractivity contribution in [3.63, 3.8) is 0 Å². The molecule has 0 radical (unpaired) electrons. The fourth-order valence-corrected chi connectivity index (χ4v) is 3.11. The molecule has 0 spiro atoms. The largest absolute Gasteiger partial charge is 0.488 e. The van der Waals surface area contributed by atoms with Gasteiger partial charge in [-0.1, -0.05) is 29.8 Å². The molecule has 0 aliphatic heterocycles. The number of fused-ring (bicyclic) bond motifs is 1. The number of hydrogen-bond donors (Lipinski definition) is 0. The summed E-state index contributed by atoms with van der Waals surface area (Å²) < 4.78 is 16.1. The van der Waals surface area contributed by atoms with E-state index in [1.54, 1.807) is 0 Å². The fourth-order valence-electron chi connectivity index (χ4n) is 3.11. The van der Waals surface area contributed by atoms with Gasteiger partial charge in [-0.15, -0.1) is 0 Å². The second-order valence-electron chi connectivity index (χ2n) is 6.59. The summed E-state index contributed by atoms with van der Waals surface area (Å²) >= 11 is 0. The van der Waals surface area contributed by atoms with Crippen molar-refractivity contribution in [3.8, 4) is 5.75 Å². The minimum Gasteiger partial charge on any atom is -0.488 e. The van der Waals surface area contributed by atoms with Crippen molar-refractivity contribution in [2.75, 3.05) is 7.11 Å². The van der Waals surface area contributed by atoms with E-state index in [1.807, 2.05) is 51.1 Å². The number of carbonyl (C=O) groups is 1. The molecule has 0 amide bonds. The lowest BCUT2D eigenvalue weighted by molar-refractivity contribution is -0.139. The Hall–Kier alpha value is -3.08. The van der Waals surface area contributed by atoms with Crippen LogP contribution in [0.4, 0.5) is 0 Å². The van der Waals surface area contributed by atoms with Gasteiger partial charge in [-0.05, 0) is 44.0 Å². The molecular weight excluding hydrogens is 344 g/mol. The molecule has 0 bridgehead atoms. The highest BCUT2D eigenvalue weighted by atomic mass is 16.5. The normalized spacial score (nSPS) is 10.8. The number of esters is 1. The highest BCUT2D eigenvalue weighted by molar-refractivity contribution is 5.86. The Morgan fingerprint density at radius 1 is 1.07 bits per heavy atom. The summed E-state index contributed by atoms with van der Waals surface area (Å²) in [7, 11) is 1.29. The van der Waals surface area contributed by atoms with E-state index in [2.05, 4.69) is 10.8 Å². The van der Waals surface area contributed by atoms with Crippen molar-refractivity contribution in [2.24, 2.45) is 0 Å². The third-order valence-electron chi connectivity index (χ3n) is 4.68. The molecule has 5 nitrogen and oxygen atoms in total. The average molecular weight is 366 g/mol. The summed E-state index contributed by atoms with van der Waals surface area (Å²) in [6, 6.07) is 11.8. The fraction of sp³-hybridized carbons (Fsp3) is 0.273. The molecule has 0 saturated carbocycles. The van der Waals surface area contributed by atoms with Crippen molar-refractivity contribution in [1.82, 2.24) is 0 Å². The van der Waals surface area contributed by atoms with Crippen LogP contribution < -0.4 is 10.4 Å². The molecule has 0 unspecified atom stereocenters. The summed E-state index contributed by atoms with van der Waals surface area (Å²) in [5.41, 5.74) is 4.00. The number of rotatable bonds is 5. The Bertz CT molecular complexity index is 1060. The van der Waals surface area contributed by atoms with Gasteiger partial charge in [-0.25, -0.2) is 4.79 Å². The SMILES string of the molecule is COC(=O)Cc1c(C)c2ccc(OCc3cccc(C)c3)c(C)c2oc1=O. The molecule has 0 N–H and O–H groups in total. The van der Waals surface area contributed by atoms with Crippen LogP contribution >= 0.6 is 0 Å². The molecular formula is C22H22O5. The smallest absolute Gasteiger partial charge is 0.340 e. The van der Waals surface area contributed by atoms with Crippen LogP contribution in [0.15, 0.2) is 45.6 Å². The highest BCUT2D eigenvalue weighted by Crippen LogP contribution is 2.30. The molecule has 2 aromatic carbocycles. The van der Waals surface area contributed by atoms with Gasteiger partial charge in [0.1, 0.15) is 17.9 Å². The molecule has 5 heteroatoms. The lowest BCUT2D eigenvalue weighted by atomic mass is 10.0. The Morgan fingerprint density at radius 3 is 2.56 bits per heavy atom. The van der Waals surface area contributed by atoms with Gasteiger partial charge < -0.3 is 13.9 Å². The lowest BCUT2D eigenvalue weighted by Crippen LogP contribution is -2.16. The van der Waals surface area contributed by atoms with E-state index in [-0.39, 0.29) is 6.42 Å². The second kappa shape index (κ2) is 7.66. The Morgan fingerprint density at radius 2 is 1.85 bits per heavy atom. The topological polar surface area (TPSA) is 65.7 Å². The Kier molecular flexibility index (Phi) is 5.31. The zero-order valence-corrected chi connectivity index (χ0v) is 15.9. The van der Waals surface area contributed by atoms with Crippen molar-refractivity contribution in [3.05, 3.63) is 74.6 Å². The van der Waals surface area contributed by atoms with Crippen LogP contribution in [0, 0.1) is 20.8 Å². The van der Waals surface area contributed by atoms with Crippen molar-refractivity contribution in [2.45, 2.75) is 33.8 Å². The molecule has 0 atom stereocenters. The molecule has 3 aromatic rings. The number of carbonyl (C=O) groups excluding carboxylic acids is 1. The van der Waals surface area contributed by atoms with Gasteiger partial charge in [0.25, 0.3) is 0 Å². The van der Waals surface area contributed by atoms with Gasteiger partial charge in [-0.2, -0.15) is 0 Å².